The van der Waals surface area contributed by atoms with Crippen LogP contribution in [0.1, 0.15) is 0 Å². The van der Waals surface area contributed by atoms with E-state index >= 15 is 0 Å². The van der Waals surface area contributed by atoms with Gasteiger partial charge in [0.05, 0.1) is 0 Å². The Morgan fingerprint density at radius 3 is 1.61 bits per heavy atom. The van der Waals surface area contributed by atoms with E-state index in [1.165, 1.54) is 0 Å². The number of benzene rings is 4. The topological polar surface area (TPSA) is 92.7 Å². The fourth-order valence-electron chi connectivity index (χ4n) is 3.31. The Kier molecular flexibility index (Phi) is 5.01. The van der Waals surface area contributed by atoms with Crippen LogP contribution < -0.4 is 8.37 Å². The molecule has 0 amide bonds. The molecule has 1 N–H and O–H groups in total. The van der Waals surface area contributed by atoms with Gasteiger partial charge in [-0.1, -0.05) is 0 Å². The van der Waals surface area contributed by atoms with Crippen LogP contribution in [-0.2, 0) is 26.2 Å². The van der Waals surface area contributed by atoms with Crippen LogP contribution in [0.5, 0.6) is 11.5 Å². The summed E-state index contributed by atoms with van der Waals surface area (Å²) in [7, 11) is -2.79. The molecule has 0 heterocycles. The molecule has 0 aliphatic carbocycles. The Morgan fingerprint density at radius 2 is 1.14 bits per heavy atom. The van der Waals surface area contributed by atoms with E-state index in [-0.39, 0.29) is 11.5 Å². The normalized spacial score (nSPS) is 12.0. The van der Waals surface area contributed by atoms with E-state index in [1.54, 1.807) is 24.3 Å². The van der Waals surface area contributed by atoms with Crippen LogP contribution in [0.4, 0.5) is 0 Å². The van der Waals surface area contributed by atoms with Crippen molar-refractivity contribution in [3.8, 4) is 22.6 Å². The second-order valence-corrected chi connectivity index (χ2v) is 7.08. The molecule has 4 aromatic carbocycles. The third kappa shape index (κ3) is 3.46. The molecule has 28 heavy (non-hydrogen) atoms. The zero-order valence-corrected chi connectivity index (χ0v) is 15.9. The molecule has 1 unspecified atom stereocenters. The van der Waals surface area contributed by atoms with Crippen molar-refractivity contribution in [2.75, 3.05) is 0 Å². The van der Waals surface area contributed by atoms with Gasteiger partial charge in [-0.05, 0) is 0 Å². The summed E-state index contributed by atoms with van der Waals surface area (Å²) in [5, 5.41) is 3.15. The second kappa shape index (κ2) is 7.61. The molecule has 0 aromatic heterocycles. The van der Waals surface area contributed by atoms with E-state index in [0.29, 0.717) is 11.1 Å². The Hall–Kier alpha value is -2.91. The summed E-state index contributed by atoms with van der Waals surface area (Å²) in [4.78, 5) is 0. The van der Waals surface area contributed by atoms with E-state index < -0.39 is 22.2 Å². The fourth-order valence-corrected chi connectivity index (χ4v) is 3.89. The Balaban J connectivity index is 2.18. The van der Waals surface area contributed by atoms with Gasteiger partial charge in [0.25, 0.3) is 0 Å². The molecular formula is C20H13O6S2+. The van der Waals surface area contributed by atoms with Gasteiger partial charge in [0.15, 0.2) is 0 Å². The van der Waals surface area contributed by atoms with E-state index in [9.17, 15) is 17.0 Å². The van der Waals surface area contributed by atoms with E-state index in [4.69, 9.17) is 8.37 Å². The monoisotopic (exact) mass is 413 g/mol. The minimum atomic E-state index is -2.79. The number of hydrogen-bond donors (Lipinski definition) is 1. The average Bonchev–Trinajstić information content (AvgIpc) is 2.67. The van der Waals surface area contributed by atoms with Crippen LogP contribution in [0.2, 0.25) is 0 Å². The summed E-state index contributed by atoms with van der Waals surface area (Å²) in [6.45, 7) is 0. The molecule has 0 aliphatic rings. The zero-order chi connectivity index (χ0) is 19.7. The van der Waals surface area contributed by atoms with Gasteiger partial charge in [0, 0.05) is 0 Å². The molecule has 0 fully saturated rings. The number of fused-ring (bicyclic) bond motifs is 2. The quantitative estimate of drug-likeness (QED) is 0.391. The van der Waals surface area contributed by atoms with Gasteiger partial charge in [0.1, 0.15) is 0 Å². The summed E-state index contributed by atoms with van der Waals surface area (Å²) < 4.78 is 53.4. The van der Waals surface area contributed by atoms with Crippen LogP contribution in [0, 0.1) is 0 Å². The minimum absolute atomic E-state index is 0.0944. The predicted molar refractivity (Wildman–Crippen MR) is 108 cm³/mol. The fraction of sp³-hybridized carbons (Fsp3) is 0. The van der Waals surface area contributed by atoms with Gasteiger partial charge in [-0.25, -0.2) is 0 Å². The standard InChI is InChI=1S/C20H12O6S2/c21-27(22)25-17-11-9-13-5-1-3-7-15(13)19(17)20-16-8-4-2-6-14(16)10-12-18(20)26-28(23)24/h1-12H/p+1. The molecule has 6 nitrogen and oxygen atoms in total. The predicted octanol–water partition coefficient (Wildman–Crippen LogP) is 4.56. The van der Waals surface area contributed by atoms with E-state index in [2.05, 4.69) is 0 Å². The van der Waals surface area contributed by atoms with Crippen molar-refractivity contribution >= 4 is 43.7 Å². The van der Waals surface area contributed by atoms with Crippen molar-refractivity contribution in [1.82, 2.24) is 0 Å². The summed E-state index contributed by atoms with van der Waals surface area (Å²) in [6, 6.07) is 21.4. The maximum atomic E-state index is 11.4. The van der Waals surface area contributed by atoms with Crippen LogP contribution in [0.3, 0.4) is 0 Å². The molecule has 0 radical (unpaired) electrons. The van der Waals surface area contributed by atoms with Gasteiger partial charge in [-0.2, -0.15) is 0 Å². The molecule has 0 saturated carbocycles. The molecule has 0 saturated heterocycles. The van der Waals surface area contributed by atoms with Gasteiger partial charge in [-0.3, -0.25) is 0 Å². The molecule has 0 aliphatic heterocycles. The van der Waals surface area contributed by atoms with Crippen molar-refractivity contribution in [2.24, 2.45) is 0 Å². The summed E-state index contributed by atoms with van der Waals surface area (Å²) >= 11 is -2.56. The van der Waals surface area contributed by atoms with Crippen LogP contribution >= 0.6 is 0 Å². The number of rotatable bonds is 4. The van der Waals surface area contributed by atoms with Crippen LogP contribution in [0.15, 0.2) is 72.8 Å². The Bertz CT molecular complexity index is 1360. The zero-order valence-electron chi connectivity index (χ0n) is 14.2. The van der Waals surface area contributed by atoms with Crippen LogP contribution in [-0.4, -0.2) is 13.0 Å². The van der Waals surface area contributed by atoms with Crippen molar-refractivity contribution in [3.05, 3.63) is 72.8 Å². The SMILES string of the molecule is O=S(O)Oc1ccc2ccccc2c1-c1c(OS(=O)#[O+])ccc2ccccc12. The van der Waals surface area contributed by atoms with Gasteiger partial charge < -0.3 is 0 Å². The van der Waals surface area contributed by atoms with Crippen LogP contribution in [0.25, 0.3) is 32.7 Å². The first kappa shape index (κ1) is 18.5. The summed E-state index contributed by atoms with van der Waals surface area (Å²) in [5.74, 6) is 0.231. The third-order valence-corrected chi connectivity index (χ3v) is 4.99. The molecule has 0 bridgehead atoms. The Labute approximate surface area is 164 Å². The van der Waals surface area contributed by atoms with E-state index in [1.807, 2.05) is 48.5 Å². The first-order chi connectivity index (χ1) is 13.5. The molecular weight excluding hydrogens is 400 g/mol. The first-order valence-corrected chi connectivity index (χ1v) is 10.2. The molecule has 8 heteroatoms. The molecule has 4 aromatic rings. The number of hydrogen-bond acceptors (Lipinski definition) is 4. The Morgan fingerprint density at radius 1 is 0.679 bits per heavy atom. The summed E-state index contributed by atoms with van der Waals surface area (Å²) in [6.07, 6.45) is 0. The van der Waals surface area contributed by atoms with E-state index in [0.717, 1.165) is 21.5 Å². The van der Waals surface area contributed by atoms with Crippen molar-refractivity contribution < 1.29 is 25.4 Å². The second-order valence-electron chi connectivity index (χ2n) is 5.91. The third-order valence-electron chi connectivity index (χ3n) is 4.35. The van der Waals surface area contributed by atoms with Crippen molar-refractivity contribution in [2.45, 2.75) is 0 Å². The summed E-state index contributed by atoms with van der Waals surface area (Å²) in [5.41, 5.74) is 0.928. The van der Waals surface area contributed by atoms with Crippen molar-refractivity contribution in [1.29, 1.82) is 0 Å². The molecule has 1 atom stereocenters. The van der Waals surface area contributed by atoms with Gasteiger partial charge in [0.2, 0.25) is 0 Å². The van der Waals surface area contributed by atoms with Gasteiger partial charge in [-0.15, -0.1) is 0 Å². The van der Waals surface area contributed by atoms with Crippen molar-refractivity contribution in [3.63, 3.8) is 0 Å². The molecule has 0 spiro atoms. The average molecular weight is 413 g/mol. The maximum absolute atomic E-state index is 11.4. The van der Waals surface area contributed by atoms with Gasteiger partial charge >= 0.3 is 165 Å². The first-order valence-electron chi connectivity index (χ1n) is 8.15. The molecule has 4 rings (SSSR count). The molecule has 140 valence electrons.